The zero-order valence-corrected chi connectivity index (χ0v) is 13.1. The Kier molecular flexibility index (Phi) is 5.01. The fourth-order valence-corrected chi connectivity index (χ4v) is 3.07. The van der Waals surface area contributed by atoms with E-state index in [1.165, 1.54) is 18.4 Å². The van der Waals surface area contributed by atoms with Crippen LogP contribution < -0.4 is 4.90 Å². The van der Waals surface area contributed by atoms with Gasteiger partial charge in [-0.15, -0.1) is 0 Å². The minimum atomic E-state index is 0.603. The summed E-state index contributed by atoms with van der Waals surface area (Å²) in [5, 5.41) is 0. The Hall–Kier alpha value is -1.94. The summed E-state index contributed by atoms with van der Waals surface area (Å²) >= 11 is 0. The van der Waals surface area contributed by atoms with Gasteiger partial charge in [-0.05, 0) is 30.4 Å². The summed E-state index contributed by atoms with van der Waals surface area (Å²) in [6.45, 7) is 2.93. The van der Waals surface area contributed by atoms with E-state index in [4.69, 9.17) is 9.72 Å². The van der Waals surface area contributed by atoms with Crippen molar-refractivity contribution >= 4 is 5.82 Å². The Morgan fingerprint density at radius 1 is 1.23 bits per heavy atom. The van der Waals surface area contributed by atoms with Crippen LogP contribution in [0.1, 0.15) is 24.2 Å². The molecule has 1 aromatic heterocycles. The summed E-state index contributed by atoms with van der Waals surface area (Å²) in [7, 11) is 1.78. The third-order valence-corrected chi connectivity index (χ3v) is 4.14. The molecule has 4 nitrogen and oxygen atoms in total. The van der Waals surface area contributed by atoms with Gasteiger partial charge >= 0.3 is 0 Å². The molecule has 2 heterocycles. The lowest BCUT2D eigenvalue weighted by molar-refractivity contribution is 0.143. The van der Waals surface area contributed by atoms with Crippen molar-refractivity contribution in [2.45, 2.75) is 19.3 Å². The maximum absolute atomic E-state index is 5.31. The molecule has 1 aliphatic heterocycles. The van der Waals surface area contributed by atoms with Crippen molar-refractivity contribution < 1.29 is 4.74 Å². The van der Waals surface area contributed by atoms with Crippen LogP contribution in [0.5, 0.6) is 0 Å². The molecule has 4 heteroatoms. The Bertz CT molecular complexity index is 586. The summed E-state index contributed by atoms with van der Waals surface area (Å²) in [4.78, 5) is 11.5. The second-order valence-electron chi connectivity index (χ2n) is 5.90. The van der Waals surface area contributed by atoms with Gasteiger partial charge in [-0.1, -0.05) is 30.3 Å². The predicted molar refractivity (Wildman–Crippen MR) is 88.1 cm³/mol. The number of methoxy groups -OCH3 is 1. The van der Waals surface area contributed by atoms with Gasteiger partial charge in [-0.25, -0.2) is 9.97 Å². The maximum Gasteiger partial charge on any atom is 0.135 e. The highest BCUT2D eigenvalue weighted by Gasteiger charge is 2.21. The first-order chi connectivity index (χ1) is 10.8. The highest BCUT2D eigenvalue weighted by molar-refractivity contribution is 5.38. The van der Waals surface area contributed by atoms with E-state index in [2.05, 4.69) is 34.1 Å². The number of aromatic nitrogens is 2. The minimum absolute atomic E-state index is 0.603. The van der Waals surface area contributed by atoms with Crippen LogP contribution in [-0.2, 0) is 11.2 Å². The number of hydrogen-bond donors (Lipinski definition) is 0. The van der Waals surface area contributed by atoms with Crippen LogP contribution >= 0.6 is 0 Å². The fraction of sp³-hybridized carbons (Fsp3) is 0.444. The van der Waals surface area contributed by atoms with Gasteiger partial charge in [-0.3, -0.25) is 0 Å². The normalized spacial score (nSPS) is 18.4. The molecule has 0 amide bonds. The van der Waals surface area contributed by atoms with E-state index in [0.29, 0.717) is 5.92 Å². The molecule has 0 N–H and O–H groups in total. The largest absolute Gasteiger partial charge is 0.384 e. The number of hydrogen-bond acceptors (Lipinski definition) is 4. The van der Waals surface area contributed by atoms with Crippen LogP contribution in [0.15, 0.2) is 42.6 Å². The SMILES string of the molecule is COCC1CCCN(c2ccnc(Cc3ccccc3)n2)C1. The lowest BCUT2D eigenvalue weighted by Gasteiger charge is -2.33. The minimum Gasteiger partial charge on any atom is -0.384 e. The van der Waals surface area contributed by atoms with Crippen LogP contribution in [0, 0.1) is 5.92 Å². The molecule has 2 aromatic rings. The molecular formula is C18H23N3O. The first-order valence-electron chi connectivity index (χ1n) is 7.95. The lowest BCUT2D eigenvalue weighted by atomic mass is 9.99. The number of anilines is 1. The standard InChI is InChI=1S/C18H23N3O/c1-22-14-16-8-5-11-21(13-16)18-9-10-19-17(20-18)12-15-6-3-2-4-7-15/h2-4,6-7,9-10,16H,5,8,11-14H2,1H3. The molecule has 1 aliphatic rings. The molecule has 1 fully saturated rings. The molecule has 1 atom stereocenters. The van der Waals surface area contributed by atoms with Gasteiger partial charge in [0.05, 0.1) is 6.61 Å². The van der Waals surface area contributed by atoms with Gasteiger partial charge in [0.15, 0.2) is 0 Å². The molecule has 1 saturated heterocycles. The average molecular weight is 297 g/mol. The van der Waals surface area contributed by atoms with Crippen molar-refractivity contribution in [3.05, 3.63) is 54.0 Å². The molecule has 1 unspecified atom stereocenters. The zero-order valence-electron chi connectivity index (χ0n) is 13.1. The van der Waals surface area contributed by atoms with Crippen molar-refractivity contribution in [2.75, 3.05) is 31.7 Å². The van der Waals surface area contributed by atoms with E-state index < -0.39 is 0 Å². The number of nitrogens with zero attached hydrogens (tertiary/aromatic N) is 3. The summed E-state index contributed by atoms with van der Waals surface area (Å²) < 4.78 is 5.31. The molecule has 0 radical (unpaired) electrons. The highest BCUT2D eigenvalue weighted by atomic mass is 16.5. The van der Waals surface area contributed by atoms with Crippen molar-refractivity contribution in [1.82, 2.24) is 9.97 Å². The van der Waals surface area contributed by atoms with E-state index in [0.717, 1.165) is 37.8 Å². The van der Waals surface area contributed by atoms with E-state index in [1.54, 1.807) is 7.11 Å². The number of ether oxygens (including phenoxy) is 1. The van der Waals surface area contributed by atoms with E-state index >= 15 is 0 Å². The third-order valence-electron chi connectivity index (χ3n) is 4.14. The van der Waals surface area contributed by atoms with Gasteiger partial charge in [0.1, 0.15) is 11.6 Å². The number of benzene rings is 1. The van der Waals surface area contributed by atoms with Gasteiger partial charge < -0.3 is 9.64 Å². The number of piperidine rings is 1. The van der Waals surface area contributed by atoms with E-state index in [9.17, 15) is 0 Å². The molecular weight excluding hydrogens is 274 g/mol. The summed E-state index contributed by atoms with van der Waals surface area (Å²) in [5.74, 6) is 2.53. The van der Waals surface area contributed by atoms with E-state index in [1.807, 2.05) is 18.3 Å². The highest BCUT2D eigenvalue weighted by Crippen LogP contribution is 2.22. The van der Waals surface area contributed by atoms with Crippen molar-refractivity contribution in [3.63, 3.8) is 0 Å². The van der Waals surface area contributed by atoms with Gasteiger partial charge in [0, 0.05) is 32.8 Å². The first kappa shape index (κ1) is 15.0. The number of rotatable bonds is 5. The van der Waals surface area contributed by atoms with E-state index in [-0.39, 0.29) is 0 Å². The first-order valence-corrected chi connectivity index (χ1v) is 7.95. The second-order valence-corrected chi connectivity index (χ2v) is 5.90. The molecule has 0 saturated carbocycles. The molecule has 0 bridgehead atoms. The molecule has 22 heavy (non-hydrogen) atoms. The molecule has 3 rings (SSSR count). The Morgan fingerprint density at radius 2 is 2.09 bits per heavy atom. The predicted octanol–water partition coefficient (Wildman–Crippen LogP) is 2.93. The Labute approximate surface area is 132 Å². The molecule has 1 aromatic carbocycles. The van der Waals surface area contributed by atoms with Gasteiger partial charge in [-0.2, -0.15) is 0 Å². The van der Waals surface area contributed by atoms with Crippen molar-refractivity contribution in [3.8, 4) is 0 Å². The van der Waals surface area contributed by atoms with Crippen molar-refractivity contribution in [1.29, 1.82) is 0 Å². The summed E-state index contributed by atoms with van der Waals surface area (Å²) in [5.41, 5.74) is 1.25. The zero-order chi connectivity index (χ0) is 15.2. The maximum atomic E-state index is 5.31. The van der Waals surface area contributed by atoms with Crippen LogP contribution in [0.4, 0.5) is 5.82 Å². The summed E-state index contributed by atoms with van der Waals surface area (Å²) in [6, 6.07) is 12.4. The molecule has 116 valence electrons. The quantitative estimate of drug-likeness (QED) is 0.850. The second kappa shape index (κ2) is 7.36. The van der Waals surface area contributed by atoms with Crippen LogP contribution in [0.25, 0.3) is 0 Å². The smallest absolute Gasteiger partial charge is 0.135 e. The van der Waals surface area contributed by atoms with Gasteiger partial charge in [0.2, 0.25) is 0 Å². The lowest BCUT2D eigenvalue weighted by Crippen LogP contribution is -2.37. The molecule has 0 spiro atoms. The van der Waals surface area contributed by atoms with Crippen LogP contribution in [-0.4, -0.2) is 36.8 Å². The molecule has 0 aliphatic carbocycles. The van der Waals surface area contributed by atoms with Crippen molar-refractivity contribution in [2.24, 2.45) is 5.92 Å². The fourth-order valence-electron chi connectivity index (χ4n) is 3.07. The van der Waals surface area contributed by atoms with Crippen LogP contribution in [0.2, 0.25) is 0 Å². The Balaban J connectivity index is 1.70. The topological polar surface area (TPSA) is 38.2 Å². The summed E-state index contributed by atoms with van der Waals surface area (Å²) in [6.07, 6.45) is 5.10. The van der Waals surface area contributed by atoms with Crippen LogP contribution in [0.3, 0.4) is 0 Å². The Morgan fingerprint density at radius 3 is 2.91 bits per heavy atom. The monoisotopic (exact) mass is 297 g/mol. The third kappa shape index (κ3) is 3.83. The average Bonchev–Trinajstić information content (AvgIpc) is 2.57. The van der Waals surface area contributed by atoms with Gasteiger partial charge in [0.25, 0.3) is 0 Å².